The van der Waals surface area contributed by atoms with Crippen LogP contribution in [0.4, 0.5) is 0 Å². The molecular weight excluding hydrogens is 506 g/mol. The maximum absolute atomic E-state index is 12.8. The highest BCUT2D eigenvalue weighted by atomic mass is 35.5. The maximum Gasteiger partial charge on any atom is 0.343 e. The van der Waals surface area contributed by atoms with Gasteiger partial charge in [-0.25, -0.2) is 10.2 Å². The predicted molar refractivity (Wildman–Crippen MR) is 146 cm³/mol. The molecule has 4 aromatic rings. The third kappa shape index (κ3) is 6.74. The number of hydrazone groups is 1. The summed E-state index contributed by atoms with van der Waals surface area (Å²) in [6.07, 6.45) is 1.40. The van der Waals surface area contributed by atoms with E-state index in [2.05, 4.69) is 15.8 Å². The Balaban J connectivity index is 1.46. The summed E-state index contributed by atoms with van der Waals surface area (Å²) in [4.78, 5) is 37.3. The van der Waals surface area contributed by atoms with Crippen LogP contribution in [0.5, 0.6) is 11.5 Å². The number of ether oxygens (including phenoxy) is 2. The Morgan fingerprint density at radius 3 is 2.47 bits per heavy atom. The summed E-state index contributed by atoms with van der Waals surface area (Å²) in [7, 11) is 0. The molecule has 4 aromatic carbocycles. The number of amides is 2. The van der Waals surface area contributed by atoms with Crippen molar-refractivity contribution in [2.45, 2.75) is 6.92 Å². The van der Waals surface area contributed by atoms with Crippen molar-refractivity contribution in [3.05, 3.63) is 107 Å². The molecule has 8 nitrogen and oxygen atoms in total. The number of hydrogen-bond acceptors (Lipinski definition) is 6. The van der Waals surface area contributed by atoms with Gasteiger partial charge in [0.1, 0.15) is 11.5 Å². The lowest BCUT2D eigenvalue weighted by Crippen LogP contribution is -2.34. The second-order valence-electron chi connectivity index (χ2n) is 8.03. The quantitative estimate of drug-likeness (QED) is 0.137. The molecule has 0 saturated carbocycles. The average Bonchev–Trinajstić information content (AvgIpc) is 2.93. The zero-order valence-corrected chi connectivity index (χ0v) is 21.2. The maximum atomic E-state index is 12.8. The Bertz CT molecular complexity index is 1500. The molecule has 0 bridgehead atoms. The zero-order chi connectivity index (χ0) is 26.9. The number of nitrogens with zero attached hydrogens (tertiary/aromatic N) is 1. The second-order valence-corrected chi connectivity index (χ2v) is 8.47. The van der Waals surface area contributed by atoms with Gasteiger partial charge in [-0.15, -0.1) is 0 Å². The van der Waals surface area contributed by atoms with Gasteiger partial charge in [0, 0.05) is 16.1 Å². The van der Waals surface area contributed by atoms with Gasteiger partial charge in [-0.1, -0.05) is 48.0 Å². The first-order valence-corrected chi connectivity index (χ1v) is 12.1. The summed E-state index contributed by atoms with van der Waals surface area (Å²) < 4.78 is 11.1. The minimum atomic E-state index is -0.550. The molecule has 0 saturated heterocycles. The van der Waals surface area contributed by atoms with Crippen molar-refractivity contribution in [3.63, 3.8) is 0 Å². The van der Waals surface area contributed by atoms with Crippen molar-refractivity contribution in [2.75, 3.05) is 13.2 Å². The van der Waals surface area contributed by atoms with E-state index in [1.807, 2.05) is 37.3 Å². The number of rotatable bonds is 9. The lowest BCUT2D eigenvalue weighted by molar-refractivity contribution is -0.120. The first-order chi connectivity index (χ1) is 18.4. The van der Waals surface area contributed by atoms with Gasteiger partial charge in [0.2, 0.25) is 0 Å². The van der Waals surface area contributed by atoms with E-state index in [0.29, 0.717) is 34.1 Å². The van der Waals surface area contributed by atoms with Crippen LogP contribution in [0, 0.1) is 0 Å². The van der Waals surface area contributed by atoms with Gasteiger partial charge in [-0.2, -0.15) is 5.10 Å². The van der Waals surface area contributed by atoms with E-state index < -0.39 is 17.8 Å². The number of esters is 1. The van der Waals surface area contributed by atoms with Crippen LogP contribution in [0.3, 0.4) is 0 Å². The summed E-state index contributed by atoms with van der Waals surface area (Å²) in [5.74, 6) is -0.600. The van der Waals surface area contributed by atoms with E-state index in [9.17, 15) is 14.4 Å². The second kappa shape index (κ2) is 12.5. The van der Waals surface area contributed by atoms with Gasteiger partial charge < -0.3 is 14.8 Å². The monoisotopic (exact) mass is 529 g/mol. The molecule has 38 heavy (non-hydrogen) atoms. The van der Waals surface area contributed by atoms with E-state index in [4.69, 9.17) is 21.1 Å². The summed E-state index contributed by atoms with van der Waals surface area (Å²) in [6.45, 7) is 2.11. The molecule has 0 aliphatic heterocycles. The average molecular weight is 530 g/mol. The van der Waals surface area contributed by atoms with Gasteiger partial charge in [0.25, 0.3) is 11.8 Å². The van der Waals surface area contributed by atoms with Crippen LogP contribution in [-0.4, -0.2) is 37.1 Å². The highest BCUT2D eigenvalue weighted by Crippen LogP contribution is 2.27. The number of fused-ring (bicyclic) bond motifs is 1. The predicted octanol–water partition coefficient (Wildman–Crippen LogP) is 4.99. The van der Waals surface area contributed by atoms with E-state index in [1.54, 1.807) is 48.5 Å². The lowest BCUT2D eigenvalue weighted by atomic mass is 10.0. The van der Waals surface area contributed by atoms with Crippen LogP contribution in [-0.2, 0) is 4.79 Å². The molecule has 0 aromatic heterocycles. The molecule has 0 aliphatic rings. The van der Waals surface area contributed by atoms with Gasteiger partial charge in [-0.05, 0) is 66.2 Å². The number of carbonyl (C=O) groups excluding carboxylic acids is 3. The highest BCUT2D eigenvalue weighted by Gasteiger charge is 2.14. The summed E-state index contributed by atoms with van der Waals surface area (Å²) in [6, 6.07) is 24.0. The van der Waals surface area contributed by atoms with Gasteiger partial charge >= 0.3 is 5.97 Å². The van der Waals surface area contributed by atoms with Crippen molar-refractivity contribution in [2.24, 2.45) is 5.10 Å². The molecule has 2 N–H and O–H groups in total. The van der Waals surface area contributed by atoms with Crippen LogP contribution < -0.4 is 20.2 Å². The number of benzene rings is 4. The molecule has 0 spiro atoms. The zero-order valence-electron chi connectivity index (χ0n) is 20.4. The molecule has 0 heterocycles. The Hall–Kier alpha value is -4.69. The van der Waals surface area contributed by atoms with Gasteiger partial charge in [0.15, 0.2) is 0 Å². The van der Waals surface area contributed by atoms with Crippen molar-refractivity contribution < 1.29 is 23.9 Å². The molecular formula is C29H24ClN3O5. The van der Waals surface area contributed by atoms with E-state index in [0.717, 1.165) is 10.8 Å². The van der Waals surface area contributed by atoms with E-state index in [-0.39, 0.29) is 12.3 Å². The summed E-state index contributed by atoms with van der Waals surface area (Å²) in [5.41, 5.74) is 3.58. The molecule has 0 unspecified atom stereocenters. The van der Waals surface area contributed by atoms with Crippen molar-refractivity contribution in [1.29, 1.82) is 0 Å². The minimum Gasteiger partial charge on any atom is -0.494 e. The topological polar surface area (TPSA) is 106 Å². The number of nitrogens with one attached hydrogen (secondary N) is 2. The standard InChI is InChI=1S/C29H24ClN3O5/c1-2-37-23-13-10-20(11-14-23)29(36)38-26-15-12-19-6-3-4-9-24(19)25(26)17-32-33-27(34)18-31-28(35)21-7-5-8-22(30)16-21/h3-17H,2,18H2,1H3,(H,31,35)(H,33,34)/b32-17-. The van der Waals surface area contributed by atoms with Crippen molar-refractivity contribution >= 4 is 46.4 Å². The van der Waals surface area contributed by atoms with Crippen LogP contribution in [0.15, 0.2) is 90.0 Å². The number of carbonyl (C=O) groups is 3. The SMILES string of the molecule is CCOc1ccc(C(=O)Oc2ccc3ccccc3c2/C=N\NC(=O)CNC(=O)c2cccc(Cl)c2)cc1. The van der Waals surface area contributed by atoms with Crippen LogP contribution in [0.1, 0.15) is 33.2 Å². The Labute approximate surface area is 224 Å². The van der Waals surface area contributed by atoms with Crippen LogP contribution in [0.2, 0.25) is 5.02 Å². The smallest absolute Gasteiger partial charge is 0.343 e. The number of halogens is 1. The largest absolute Gasteiger partial charge is 0.494 e. The highest BCUT2D eigenvalue weighted by molar-refractivity contribution is 6.31. The first-order valence-electron chi connectivity index (χ1n) is 11.8. The van der Waals surface area contributed by atoms with E-state index >= 15 is 0 Å². The van der Waals surface area contributed by atoms with Crippen LogP contribution >= 0.6 is 11.6 Å². The molecule has 2 amide bonds. The van der Waals surface area contributed by atoms with Gasteiger partial charge in [0.05, 0.1) is 24.9 Å². The first kappa shape index (κ1) is 26.4. The fourth-order valence-electron chi connectivity index (χ4n) is 3.61. The van der Waals surface area contributed by atoms with Crippen LogP contribution in [0.25, 0.3) is 10.8 Å². The lowest BCUT2D eigenvalue weighted by Gasteiger charge is -2.11. The molecule has 0 aliphatic carbocycles. The Kier molecular flexibility index (Phi) is 8.69. The van der Waals surface area contributed by atoms with E-state index in [1.165, 1.54) is 12.3 Å². The summed E-state index contributed by atoms with van der Waals surface area (Å²) in [5, 5.41) is 8.62. The minimum absolute atomic E-state index is 0.273. The molecule has 9 heteroatoms. The molecule has 4 rings (SSSR count). The Morgan fingerprint density at radius 2 is 1.71 bits per heavy atom. The number of hydrogen-bond donors (Lipinski definition) is 2. The molecule has 0 atom stereocenters. The molecule has 0 radical (unpaired) electrons. The molecule has 0 fully saturated rings. The van der Waals surface area contributed by atoms with Crippen molar-refractivity contribution in [3.8, 4) is 11.5 Å². The van der Waals surface area contributed by atoms with Gasteiger partial charge in [-0.3, -0.25) is 9.59 Å². The molecule has 192 valence electrons. The third-order valence-electron chi connectivity index (χ3n) is 5.41. The Morgan fingerprint density at radius 1 is 0.921 bits per heavy atom. The normalized spacial score (nSPS) is 10.8. The third-order valence-corrected chi connectivity index (χ3v) is 5.65. The fraction of sp³-hybridized carbons (Fsp3) is 0.103. The van der Waals surface area contributed by atoms with Crippen molar-refractivity contribution in [1.82, 2.24) is 10.7 Å². The summed E-state index contributed by atoms with van der Waals surface area (Å²) >= 11 is 5.90. The fourth-order valence-corrected chi connectivity index (χ4v) is 3.80.